The first-order valence-electron chi connectivity index (χ1n) is 15.4. The number of fused-ring (bicyclic) bond motifs is 1. The maximum absolute atomic E-state index is 13.9. The monoisotopic (exact) mass is 665 g/mol. The number of carbonyl (C=O) groups excluding carboxylic acids is 5. The summed E-state index contributed by atoms with van der Waals surface area (Å²) in [7, 11) is 0. The number of benzene rings is 4. The Balaban J connectivity index is 1.42. The number of amides is 2. The molecule has 0 aromatic heterocycles. The molecule has 0 radical (unpaired) electrons. The predicted molar refractivity (Wildman–Crippen MR) is 176 cm³/mol. The quantitative estimate of drug-likeness (QED) is 0.123. The van der Waals surface area contributed by atoms with E-state index in [4.69, 9.17) is 18.9 Å². The third kappa shape index (κ3) is 6.73. The zero-order valence-corrected chi connectivity index (χ0v) is 26.6. The van der Waals surface area contributed by atoms with Crippen molar-refractivity contribution in [3.05, 3.63) is 143 Å². The molecule has 11 heteroatoms. The number of ether oxygens (including phenoxy) is 4. The second kappa shape index (κ2) is 14.7. The second-order valence-corrected chi connectivity index (χ2v) is 12.3. The summed E-state index contributed by atoms with van der Waals surface area (Å²) in [5.41, 5.74) is 0.109. The summed E-state index contributed by atoms with van der Waals surface area (Å²) in [5.74, 6) is -2.92. The number of nitrogens with zero attached hydrogens (tertiary/aromatic N) is 1. The lowest BCUT2D eigenvalue weighted by molar-refractivity contribution is -0.184. The van der Waals surface area contributed by atoms with Gasteiger partial charge in [-0.2, -0.15) is 0 Å². The van der Waals surface area contributed by atoms with Gasteiger partial charge in [0.05, 0.1) is 27.8 Å². The standard InChI is InChI=1S/C37H31NO9S/c1-2-48-37-29(38-32(39)26-20-12-13-21-27(26)33(38)40)31(47-36(43)25-18-10-5-11-19-25)30(46-35(42)24-16-8-4-9-17-24)28(45-37)22-44-34(41)23-14-6-3-7-15-23/h3-21,28-31,37H,2,22H2,1H3/t28-,29-,30-,31-,37+/m1/s1. The number of hydrogen-bond acceptors (Lipinski definition) is 10. The molecule has 48 heavy (non-hydrogen) atoms. The third-order valence-corrected chi connectivity index (χ3v) is 9.01. The Bertz CT molecular complexity index is 1770. The summed E-state index contributed by atoms with van der Waals surface area (Å²) in [4.78, 5) is 69.1. The number of imide groups is 1. The molecule has 4 aromatic rings. The highest BCUT2D eigenvalue weighted by Gasteiger charge is 2.57. The van der Waals surface area contributed by atoms with E-state index in [0.717, 1.165) is 4.90 Å². The van der Waals surface area contributed by atoms with Gasteiger partial charge in [0.25, 0.3) is 11.8 Å². The Labute approximate surface area is 280 Å². The van der Waals surface area contributed by atoms with Crippen LogP contribution in [0.25, 0.3) is 0 Å². The van der Waals surface area contributed by atoms with E-state index in [9.17, 15) is 24.0 Å². The minimum absolute atomic E-state index is 0.188. The average Bonchev–Trinajstić information content (AvgIpc) is 3.38. The molecule has 0 unspecified atom stereocenters. The van der Waals surface area contributed by atoms with Crippen LogP contribution in [0.1, 0.15) is 58.7 Å². The molecule has 6 rings (SSSR count). The highest BCUT2D eigenvalue weighted by molar-refractivity contribution is 7.99. The maximum atomic E-state index is 13.9. The first-order chi connectivity index (χ1) is 23.4. The summed E-state index contributed by atoms with van der Waals surface area (Å²) >= 11 is 1.27. The first-order valence-corrected chi connectivity index (χ1v) is 16.4. The van der Waals surface area contributed by atoms with Gasteiger partial charge in [0.15, 0.2) is 12.2 Å². The van der Waals surface area contributed by atoms with Gasteiger partial charge in [-0.1, -0.05) is 73.7 Å². The van der Waals surface area contributed by atoms with Gasteiger partial charge in [0, 0.05) is 0 Å². The molecule has 5 atom stereocenters. The summed E-state index contributed by atoms with van der Waals surface area (Å²) < 4.78 is 24.3. The van der Waals surface area contributed by atoms with Gasteiger partial charge in [-0.25, -0.2) is 14.4 Å². The van der Waals surface area contributed by atoms with Crippen LogP contribution in [0.2, 0.25) is 0 Å². The molecule has 2 aliphatic heterocycles. The molecule has 2 heterocycles. The topological polar surface area (TPSA) is 126 Å². The van der Waals surface area contributed by atoms with Gasteiger partial charge in [0.2, 0.25) is 0 Å². The predicted octanol–water partition coefficient (Wildman–Crippen LogP) is 5.44. The lowest BCUT2D eigenvalue weighted by Crippen LogP contribution is -2.66. The van der Waals surface area contributed by atoms with Crippen molar-refractivity contribution in [2.24, 2.45) is 0 Å². The second-order valence-electron chi connectivity index (χ2n) is 11.0. The van der Waals surface area contributed by atoms with Crippen LogP contribution >= 0.6 is 11.8 Å². The van der Waals surface area contributed by atoms with E-state index in [0.29, 0.717) is 11.3 Å². The molecule has 1 saturated heterocycles. The first kappa shape index (κ1) is 32.7. The Morgan fingerprint density at radius 2 is 1.08 bits per heavy atom. The van der Waals surface area contributed by atoms with E-state index >= 15 is 0 Å². The highest BCUT2D eigenvalue weighted by Crippen LogP contribution is 2.39. The van der Waals surface area contributed by atoms with E-state index in [1.54, 1.807) is 115 Å². The van der Waals surface area contributed by atoms with Crippen LogP contribution in [0, 0.1) is 0 Å². The van der Waals surface area contributed by atoms with E-state index in [1.165, 1.54) is 11.8 Å². The third-order valence-electron chi connectivity index (χ3n) is 7.96. The van der Waals surface area contributed by atoms with Crippen LogP contribution in [0.5, 0.6) is 0 Å². The normalized spacial score (nSPS) is 21.7. The summed E-state index contributed by atoms with van der Waals surface area (Å²) in [6.07, 6.45) is -4.00. The number of esters is 3. The van der Waals surface area contributed by atoms with Gasteiger partial charge < -0.3 is 18.9 Å². The molecule has 0 spiro atoms. The largest absolute Gasteiger partial charge is 0.459 e. The zero-order valence-electron chi connectivity index (χ0n) is 25.8. The fourth-order valence-electron chi connectivity index (χ4n) is 5.70. The molecule has 4 aromatic carbocycles. The number of rotatable bonds is 10. The van der Waals surface area contributed by atoms with Crippen LogP contribution in [-0.2, 0) is 18.9 Å². The van der Waals surface area contributed by atoms with Crippen LogP contribution < -0.4 is 0 Å². The highest BCUT2D eigenvalue weighted by atomic mass is 32.2. The van der Waals surface area contributed by atoms with E-state index in [2.05, 4.69) is 0 Å². The number of thioether (sulfide) groups is 1. The Hall–Kier alpha value is -5.26. The summed E-state index contributed by atoms with van der Waals surface area (Å²) in [6, 6.07) is 29.8. The number of carbonyl (C=O) groups is 5. The fourth-order valence-corrected chi connectivity index (χ4v) is 6.72. The minimum atomic E-state index is -1.43. The number of hydrogen-bond donors (Lipinski definition) is 0. The Morgan fingerprint density at radius 1 is 0.646 bits per heavy atom. The smallest absolute Gasteiger partial charge is 0.338 e. The fraction of sp³-hybridized carbons (Fsp3) is 0.216. The lowest BCUT2D eigenvalue weighted by Gasteiger charge is -2.47. The van der Waals surface area contributed by atoms with E-state index in [1.807, 2.05) is 6.92 Å². The average molecular weight is 666 g/mol. The molecule has 2 amide bonds. The van der Waals surface area contributed by atoms with Crippen molar-refractivity contribution in [3.63, 3.8) is 0 Å². The maximum Gasteiger partial charge on any atom is 0.338 e. The van der Waals surface area contributed by atoms with Gasteiger partial charge in [-0.3, -0.25) is 14.5 Å². The van der Waals surface area contributed by atoms with Crippen molar-refractivity contribution < 1.29 is 42.9 Å². The molecule has 0 aliphatic carbocycles. The molecule has 244 valence electrons. The summed E-state index contributed by atoms with van der Waals surface area (Å²) in [5, 5.41) is 0. The van der Waals surface area contributed by atoms with Crippen LogP contribution in [0.4, 0.5) is 0 Å². The zero-order chi connectivity index (χ0) is 33.6. The van der Waals surface area contributed by atoms with Gasteiger partial charge >= 0.3 is 17.9 Å². The lowest BCUT2D eigenvalue weighted by atomic mass is 9.95. The van der Waals surface area contributed by atoms with Gasteiger partial charge in [0.1, 0.15) is 24.2 Å². The SMILES string of the molecule is CCS[C@@H]1O[C@H](COC(=O)c2ccccc2)[C@@H](OC(=O)c2ccccc2)[C@H](OC(=O)c2ccccc2)[C@H]1N1C(=O)c2ccccc2C1=O. The van der Waals surface area contributed by atoms with Crippen molar-refractivity contribution in [1.82, 2.24) is 4.90 Å². The molecule has 0 saturated carbocycles. The molecule has 0 bridgehead atoms. The molecule has 10 nitrogen and oxygen atoms in total. The van der Waals surface area contributed by atoms with E-state index in [-0.39, 0.29) is 22.3 Å². The van der Waals surface area contributed by atoms with Crippen LogP contribution in [-0.4, -0.2) is 76.8 Å². The van der Waals surface area contributed by atoms with Crippen molar-refractivity contribution in [3.8, 4) is 0 Å². The Morgan fingerprint density at radius 3 is 1.56 bits per heavy atom. The summed E-state index contributed by atoms with van der Waals surface area (Å²) in [6.45, 7) is 1.47. The van der Waals surface area contributed by atoms with E-state index < -0.39 is 66.1 Å². The molecular formula is C37H31NO9S. The molecule has 0 N–H and O–H groups in total. The minimum Gasteiger partial charge on any atom is -0.459 e. The molecular weight excluding hydrogens is 634 g/mol. The molecule has 1 fully saturated rings. The van der Waals surface area contributed by atoms with Crippen molar-refractivity contribution in [1.29, 1.82) is 0 Å². The van der Waals surface area contributed by atoms with Crippen molar-refractivity contribution >= 4 is 41.5 Å². The van der Waals surface area contributed by atoms with Crippen molar-refractivity contribution in [2.45, 2.75) is 36.7 Å². The molecule has 2 aliphatic rings. The van der Waals surface area contributed by atoms with Gasteiger partial charge in [-0.05, 0) is 54.3 Å². The van der Waals surface area contributed by atoms with Crippen molar-refractivity contribution in [2.75, 3.05) is 12.4 Å². The Kier molecular flexibility index (Phi) is 9.98. The van der Waals surface area contributed by atoms with Gasteiger partial charge in [-0.15, -0.1) is 11.8 Å². The van der Waals surface area contributed by atoms with Crippen LogP contribution in [0.15, 0.2) is 115 Å². The van der Waals surface area contributed by atoms with Crippen LogP contribution in [0.3, 0.4) is 0 Å².